The van der Waals surface area contributed by atoms with Crippen molar-refractivity contribution in [2.45, 2.75) is 49.1 Å². The van der Waals surface area contributed by atoms with E-state index >= 15 is 0 Å². The van der Waals surface area contributed by atoms with E-state index in [1.807, 2.05) is 19.1 Å². The Kier molecular flexibility index (Phi) is 6.79. The van der Waals surface area contributed by atoms with Gasteiger partial charge < -0.3 is 20.6 Å². The highest BCUT2D eigenvalue weighted by Gasteiger charge is 2.27. The van der Waals surface area contributed by atoms with Crippen LogP contribution in [0.5, 0.6) is 11.5 Å². The highest BCUT2D eigenvalue weighted by molar-refractivity contribution is 7.89. The van der Waals surface area contributed by atoms with E-state index in [9.17, 15) is 18.6 Å². The zero-order valence-electron chi connectivity index (χ0n) is 16.4. The van der Waals surface area contributed by atoms with E-state index in [0.29, 0.717) is 12.0 Å². The lowest BCUT2D eigenvalue weighted by Gasteiger charge is -2.20. The van der Waals surface area contributed by atoms with Crippen LogP contribution in [0, 0.1) is 0 Å². The van der Waals surface area contributed by atoms with E-state index in [1.165, 1.54) is 6.07 Å². The maximum atomic E-state index is 12.1. The van der Waals surface area contributed by atoms with Crippen molar-refractivity contribution in [3.8, 4) is 11.5 Å². The Balaban J connectivity index is 1.59. The van der Waals surface area contributed by atoms with Gasteiger partial charge in [-0.05, 0) is 67.5 Å². The molecule has 0 amide bonds. The lowest BCUT2D eigenvalue weighted by molar-refractivity contribution is 0.301. The molecule has 0 heterocycles. The molecule has 158 valence electrons. The van der Waals surface area contributed by atoms with Crippen molar-refractivity contribution < 1.29 is 23.7 Å². The smallest absolute Gasteiger partial charge is 0.240 e. The van der Waals surface area contributed by atoms with E-state index in [4.69, 9.17) is 5.11 Å². The minimum Gasteiger partial charge on any atom is -0.504 e. The Morgan fingerprint density at radius 2 is 1.79 bits per heavy atom. The SMILES string of the molecule is CC(NC1CCC(c2ccc(S(=O)(=O)NCCO)cc2)C1)c1ccc(O)c(O)c1. The second kappa shape index (κ2) is 9.13. The van der Waals surface area contributed by atoms with Crippen molar-refractivity contribution in [2.75, 3.05) is 13.2 Å². The van der Waals surface area contributed by atoms with Gasteiger partial charge in [0.2, 0.25) is 10.0 Å². The van der Waals surface area contributed by atoms with Gasteiger partial charge in [0, 0.05) is 18.6 Å². The minimum atomic E-state index is -3.59. The molecule has 0 radical (unpaired) electrons. The van der Waals surface area contributed by atoms with Gasteiger partial charge in [-0.2, -0.15) is 0 Å². The maximum absolute atomic E-state index is 12.1. The molecule has 0 spiro atoms. The van der Waals surface area contributed by atoms with Crippen molar-refractivity contribution in [2.24, 2.45) is 0 Å². The second-order valence-electron chi connectivity index (χ2n) is 7.53. The van der Waals surface area contributed by atoms with E-state index in [2.05, 4.69) is 10.0 Å². The fourth-order valence-corrected chi connectivity index (χ4v) is 4.90. The quantitative estimate of drug-likeness (QED) is 0.418. The zero-order valence-corrected chi connectivity index (χ0v) is 17.2. The number of aromatic hydroxyl groups is 2. The highest BCUT2D eigenvalue weighted by atomic mass is 32.2. The Morgan fingerprint density at radius 1 is 1.07 bits per heavy atom. The predicted octanol–water partition coefficient (Wildman–Crippen LogP) is 2.36. The molecule has 0 saturated heterocycles. The van der Waals surface area contributed by atoms with Crippen LogP contribution in [0.25, 0.3) is 0 Å². The lowest BCUT2D eigenvalue weighted by Crippen LogP contribution is -2.29. The number of aliphatic hydroxyl groups is 1. The summed E-state index contributed by atoms with van der Waals surface area (Å²) < 4.78 is 26.6. The number of phenolic OH excluding ortho intramolecular Hbond substituents is 2. The van der Waals surface area contributed by atoms with Crippen LogP contribution >= 0.6 is 0 Å². The van der Waals surface area contributed by atoms with Crippen LogP contribution in [-0.2, 0) is 10.0 Å². The molecule has 8 heteroatoms. The Hall–Kier alpha value is -2.13. The van der Waals surface area contributed by atoms with Crippen molar-refractivity contribution in [1.29, 1.82) is 0 Å². The van der Waals surface area contributed by atoms with Gasteiger partial charge in [0.05, 0.1) is 11.5 Å². The number of phenols is 2. The van der Waals surface area contributed by atoms with Crippen LogP contribution < -0.4 is 10.0 Å². The van der Waals surface area contributed by atoms with E-state index in [0.717, 1.165) is 30.4 Å². The molecule has 2 aromatic rings. The maximum Gasteiger partial charge on any atom is 0.240 e. The number of aliphatic hydroxyl groups excluding tert-OH is 1. The molecular formula is C21H28N2O5S. The fourth-order valence-electron chi connectivity index (χ4n) is 3.88. The van der Waals surface area contributed by atoms with Crippen molar-refractivity contribution in [1.82, 2.24) is 10.0 Å². The highest BCUT2D eigenvalue weighted by Crippen LogP contribution is 2.36. The number of benzene rings is 2. The van der Waals surface area contributed by atoms with Crippen molar-refractivity contribution >= 4 is 10.0 Å². The van der Waals surface area contributed by atoms with E-state index < -0.39 is 10.0 Å². The first kappa shape index (κ1) is 21.6. The third-order valence-electron chi connectivity index (χ3n) is 5.48. The molecule has 2 aromatic carbocycles. The number of rotatable bonds is 8. The van der Waals surface area contributed by atoms with Gasteiger partial charge in [-0.1, -0.05) is 18.2 Å². The van der Waals surface area contributed by atoms with Crippen LogP contribution in [0.15, 0.2) is 47.4 Å². The van der Waals surface area contributed by atoms with Gasteiger partial charge in [0.15, 0.2) is 11.5 Å². The third-order valence-corrected chi connectivity index (χ3v) is 6.96. The van der Waals surface area contributed by atoms with Gasteiger partial charge in [0.1, 0.15) is 0 Å². The third kappa shape index (κ3) is 5.27. The summed E-state index contributed by atoms with van der Waals surface area (Å²) in [7, 11) is -3.59. The summed E-state index contributed by atoms with van der Waals surface area (Å²) in [5.74, 6) is 0.109. The summed E-state index contributed by atoms with van der Waals surface area (Å²) in [5, 5.41) is 31.5. The van der Waals surface area contributed by atoms with Crippen molar-refractivity contribution in [3.05, 3.63) is 53.6 Å². The molecular weight excluding hydrogens is 392 g/mol. The topological polar surface area (TPSA) is 119 Å². The Labute approximate surface area is 171 Å². The van der Waals surface area contributed by atoms with Gasteiger partial charge in [-0.15, -0.1) is 0 Å². The standard InChI is InChI=1S/C21H28N2O5S/c1-14(16-5-9-20(25)21(26)13-16)23-18-6-2-17(12-18)15-3-7-19(8-4-15)29(27,28)22-10-11-24/h3-5,7-9,13-14,17-18,22-26H,2,6,10-12H2,1H3. The number of nitrogens with one attached hydrogen (secondary N) is 2. The molecule has 1 fully saturated rings. The van der Waals surface area contributed by atoms with Gasteiger partial charge >= 0.3 is 0 Å². The first-order valence-corrected chi connectivity index (χ1v) is 11.3. The average molecular weight is 421 g/mol. The fraction of sp³-hybridized carbons (Fsp3) is 0.429. The molecule has 3 atom stereocenters. The van der Waals surface area contributed by atoms with Gasteiger partial charge in [-0.3, -0.25) is 0 Å². The number of hydrogen-bond acceptors (Lipinski definition) is 6. The molecule has 0 aromatic heterocycles. The number of sulfonamides is 1. The van der Waals surface area contributed by atoms with Crippen LogP contribution in [0.3, 0.4) is 0 Å². The first-order valence-electron chi connectivity index (χ1n) is 9.78. The zero-order chi connectivity index (χ0) is 21.0. The molecule has 5 N–H and O–H groups in total. The summed E-state index contributed by atoms with van der Waals surface area (Å²) >= 11 is 0. The summed E-state index contributed by atoms with van der Waals surface area (Å²) in [6, 6.07) is 12.2. The van der Waals surface area contributed by atoms with Crippen LogP contribution in [0.1, 0.15) is 49.3 Å². The van der Waals surface area contributed by atoms with Crippen molar-refractivity contribution in [3.63, 3.8) is 0 Å². The first-order chi connectivity index (χ1) is 13.8. The van der Waals surface area contributed by atoms with Crippen LogP contribution in [0.4, 0.5) is 0 Å². The summed E-state index contributed by atoms with van der Waals surface area (Å²) in [5.41, 5.74) is 2.03. The Morgan fingerprint density at radius 3 is 2.45 bits per heavy atom. The normalized spacial score (nSPS) is 20.6. The van der Waals surface area contributed by atoms with Crippen LogP contribution in [0.2, 0.25) is 0 Å². The van der Waals surface area contributed by atoms with E-state index in [-0.39, 0.29) is 35.6 Å². The second-order valence-corrected chi connectivity index (χ2v) is 9.30. The molecule has 1 aliphatic carbocycles. The average Bonchev–Trinajstić information content (AvgIpc) is 3.17. The minimum absolute atomic E-state index is 0.00293. The summed E-state index contributed by atoms with van der Waals surface area (Å²) in [6.07, 6.45) is 2.97. The monoisotopic (exact) mass is 420 g/mol. The van der Waals surface area contributed by atoms with Crippen LogP contribution in [-0.4, -0.2) is 42.9 Å². The predicted molar refractivity (Wildman–Crippen MR) is 110 cm³/mol. The number of hydrogen-bond donors (Lipinski definition) is 5. The molecule has 1 aliphatic rings. The summed E-state index contributed by atoms with van der Waals surface area (Å²) in [4.78, 5) is 0.197. The van der Waals surface area contributed by atoms with Gasteiger partial charge in [0.25, 0.3) is 0 Å². The molecule has 3 rings (SSSR count). The van der Waals surface area contributed by atoms with Gasteiger partial charge in [-0.25, -0.2) is 13.1 Å². The molecule has 0 bridgehead atoms. The molecule has 29 heavy (non-hydrogen) atoms. The molecule has 1 saturated carbocycles. The molecule has 3 unspecified atom stereocenters. The molecule has 7 nitrogen and oxygen atoms in total. The largest absolute Gasteiger partial charge is 0.504 e. The van der Waals surface area contributed by atoms with E-state index in [1.54, 1.807) is 24.3 Å². The Bertz CT molecular complexity index is 931. The summed E-state index contributed by atoms with van der Waals surface area (Å²) in [6.45, 7) is 1.78. The molecule has 0 aliphatic heterocycles. The lowest BCUT2D eigenvalue weighted by atomic mass is 9.97.